The van der Waals surface area contributed by atoms with Gasteiger partial charge in [0.15, 0.2) is 7.29 Å². The summed E-state index contributed by atoms with van der Waals surface area (Å²) in [7, 11) is -2.13. The van der Waals surface area contributed by atoms with E-state index in [1.54, 1.807) is 23.1 Å². The Balaban J connectivity index is 2.37. The van der Waals surface area contributed by atoms with Crippen LogP contribution in [0.15, 0.2) is 30.9 Å². The maximum Gasteiger partial charge on any atom is 0.184 e. The van der Waals surface area contributed by atoms with E-state index in [4.69, 9.17) is 0 Å². The van der Waals surface area contributed by atoms with Crippen LogP contribution in [0.5, 0.6) is 0 Å². The molecule has 0 fully saturated rings. The average molecular weight is 168 g/mol. The first-order valence-corrected chi connectivity index (χ1v) is 5.56. The third-order valence-electron chi connectivity index (χ3n) is 1.86. The first-order valence-electron chi connectivity index (χ1n) is 3.53. The molecule has 1 aliphatic rings. The van der Waals surface area contributed by atoms with Crippen LogP contribution in [0.4, 0.5) is 0 Å². The molecule has 11 heavy (non-hydrogen) atoms. The molecule has 0 amide bonds. The van der Waals surface area contributed by atoms with Gasteiger partial charge >= 0.3 is 0 Å². The van der Waals surface area contributed by atoms with Crippen LogP contribution in [0.3, 0.4) is 0 Å². The highest BCUT2D eigenvalue weighted by molar-refractivity contribution is 7.63. The molecular weight excluding hydrogens is 159 g/mol. The Labute approximate surface area is 65.2 Å². The lowest BCUT2D eigenvalue weighted by atomic mass is 10.6. The van der Waals surface area contributed by atoms with Crippen LogP contribution in [-0.2, 0) is 4.57 Å². The van der Waals surface area contributed by atoms with Gasteiger partial charge in [0.25, 0.3) is 0 Å². The smallest absolute Gasteiger partial charge is 0.184 e. The summed E-state index contributed by atoms with van der Waals surface area (Å²) < 4.78 is 13.7. The minimum Gasteiger partial charge on any atom is -0.299 e. The summed E-state index contributed by atoms with van der Waals surface area (Å²) in [5, 5.41) is 0. The van der Waals surface area contributed by atoms with Crippen LogP contribution in [-0.4, -0.2) is 21.6 Å². The Kier molecular flexibility index (Phi) is 1.46. The maximum atomic E-state index is 11.9. The molecule has 0 aliphatic carbocycles. The fourth-order valence-corrected chi connectivity index (χ4v) is 3.24. The predicted molar refractivity (Wildman–Crippen MR) is 44.1 cm³/mol. The number of nitrogens with zero attached hydrogens (tertiary/aromatic N) is 2. The molecule has 0 N–H and O–H groups in total. The second kappa shape index (κ2) is 2.35. The van der Waals surface area contributed by atoms with Crippen LogP contribution >= 0.6 is 7.29 Å². The molecule has 0 saturated carbocycles. The summed E-state index contributed by atoms with van der Waals surface area (Å²) in [5.41, 5.74) is 0. The molecule has 2 rings (SSSR count). The molecule has 0 atom stereocenters. The van der Waals surface area contributed by atoms with Gasteiger partial charge < -0.3 is 0 Å². The zero-order valence-electron chi connectivity index (χ0n) is 6.05. The van der Waals surface area contributed by atoms with Crippen molar-refractivity contribution in [2.24, 2.45) is 0 Å². The van der Waals surface area contributed by atoms with Gasteiger partial charge in [-0.25, -0.2) is 4.98 Å². The minimum atomic E-state index is -2.13. The van der Waals surface area contributed by atoms with Gasteiger partial charge in [-0.15, -0.1) is 0 Å². The molecule has 4 heteroatoms. The lowest BCUT2D eigenvalue weighted by Gasteiger charge is -2.10. The Bertz CT molecular complexity index is 303. The quantitative estimate of drug-likeness (QED) is 0.471. The fraction of sp³-hybridized carbons (Fsp3) is 0.286. The topological polar surface area (TPSA) is 34.9 Å². The van der Waals surface area contributed by atoms with Gasteiger partial charge in [0.1, 0.15) is 6.33 Å². The van der Waals surface area contributed by atoms with E-state index in [-0.39, 0.29) is 0 Å². The van der Waals surface area contributed by atoms with E-state index >= 15 is 0 Å². The van der Waals surface area contributed by atoms with Crippen LogP contribution in [0.1, 0.15) is 0 Å². The Morgan fingerprint density at radius 1 is 1.36 bits per heavy atom. The van der Waals surface area contributed by atoms with Gasteiger partial charge in [0.2, 0.25) is 0 Å². The van der Waals surface area contributed by atoms with Gasteiger partial charge in [-0.1, -0.05) is 12.2 Å². The number of hydrogen-bond acceptors (Lipinski definition) is 2. The van der Waals surface area contributed by atoms with Crippen molar-refractivity contribution in [2.45, 2.75) is 0 Å². The molecular formula is C7H9N2OP. The molecule has 1 aliphatic heterocycles. The van der Waals surface area contributed by atoms with E-state index in [0.29, 0.717) is 12.3 Å². The SMILES string of the molecule is O=P1(n2ccnc2)CC=CC1. The van der Waals surface area contributed by atoms with Crippen LogP contribution in [0.2, 0.25) is 0 Å². The largest absolute Gasteiger partial charge is 0.299 e. The number of allylic oxidation sites excluding steroid dienone is 2. The highest BCUT2D eigenvalue weighted by Gasteiger charge is 2.24. The van der Waals surface area contributed by atoms with Crippen molar-refractivity contribution in [1.29, 1.82) is 0 Å². The molecule has 0 aromatic carbocycles. The first kappa shape index (κ1) is 6.86. The second-order valence-corrected chi connectivity index (χ2v) is 5.51. The summed E-state index contributed by atoms with van der Waals surface area (Å²) in [4.78, 5) is 3.87. The molecule has 3 nitrogen and oxygen atoms in total. The summed E-state index contributed by atoms with van der Waals surface area (Å²) in [6.07, 6.45) is 10.4. The highest BCUT2D eigenvalue weighted by atomic mass is 31.2. The lowest BCUT2D eigenvalue weighted by molar-refractivity contribution is 0.573. The molecule has 2 heterocycles. The zero-order valence-corrected chi connectivity index (χ0v) is 6.95. The van der Waals surface area contributed by atoms with Crippen molar-refractivity contribution in [2.75, 3.05) is 12.3 Å². The van der Waals surface area contributed by atoms with Crippen molar-refractivity contribution in [1.82, 2.24) is 9.32 Å². The summed E-state index contributed by atoms with van der Waals surface area (Å²) in [5.74, 6) is 0. The van der Waals surface area contributed by atoms with Crippen LogP contribution < -0.4 is 0 Å². The normalized spacial score (nSPS) is 20.7. The monoisotopic (exact) mass is 168 g/mol. The van der Waals surface area contributed by atoms with Gasteiger partial charge in [0, 0.05) is 24.7 Å². The van der Waals surface area contributed by atoms with Crippen molar-refractivity contribution < 1.29 is 4.57 Å². The molecule has 0 unspecified atom stereocenters. The van der Waals surface area contributed by atoms with E-state index < -0.39 is 7.29 Å². The third-order valence-corrected chi connectivity index (χ3v) is 4.50. The summed E-state index contributed by atoms with van der Waals surface area (Å²) in [6.45, 7) is 0. The van der Waals surface area contributed by atoms with E-state index in [1.165, 1.54) is 0 Å². The van der Waals surface area contributed by atoms with E-state index in [9.17, 15) is 4.57 Å². The maximum absolute atomic E-state index is 11.9. The number of hydrogen-bond donors (Lipinski definition) is 0. The van der Waals surface area contributed by atoms with Crippen molar-refractivity contribution in [3.63, 3.8) is 0 Å². The summed E-state index contributed by atoms with van der Waals surface area (Å²) >= 11 is 0. The Morgan fingerprint density at radius 2 is 2.09 bits per heavy atom. The first-order chi connectivity index (χ1) is 5.31. The number of rotatable bonds is 1. The third kappa shape index (κ3) is 1.05. The van der Waals surface area contributed by atoms with E-state index in [2.05, 4.69) is 4.98 Å². The van der Waals surface area contributed by atoms with Gasteiger partial charge in [-0.05, 0) is 0 Å². The molecule has 0 bridgehead atoms. The standard InChI is InChI=1S/C7H9N2OP/c10-11(5-1-2-6-11)9-4-3-8-7-9/h1-4,7H,5-6H2. The van der Waals surface area contributed by atoms with Crippen LogP contribution in [0.25, 0.3) is 0 Å². The van der Waals surface area contributed by atoms with Gasteiger partial charge in [-0.3, -0.25) is 8.90 Å². The zero-order chi connectivity index (χ0) is 7.73. The number of aromatic nitrogens is 2. The predicted octanol–water partition coefficient (Wildman–Crippen LogP) is 1.58. The van der Waals surface area contributed by atoms with E-state index in [0.717, 1.165) is 0 Å². The molecule has 1 aromatic heterocycles. The molecule has 1 aromatic rings. The van der Waals surface area contributed by atoms with Gasteiger partial charge in [-0.2, -0.15) is 0 Å². The minimum absolute atomic E-state index is 0.684. The highest BCUT2D eigenvalue weighted by Crippen LogP contribution is 2.49. The average Bonchev–Trinajstić information content (AvgIpc) is 2.55. The fourth-order valence-electron chi connectivity index (χ4n) is 1.21. The summed E-state index contributed by atoms with van der Waals surface area (Å²) in [6, 6.07) is 0. The molecule has 0 spiro atoms. The molecule has 0 saturated heterocycles. The molecule has 0 radical (unpaired) electrons. The van der Waals surface area contributed by atoms with Crippen LogP contribution in [0, 0.1) is 0 Å². The molecule has 58 valence electrons. The van der Waals surface area contributed by atoms with Crippen molar-refractivity contribution in [3.8, 4) is 0 Å². The van der Waals surface area contributed by atoms with Crippen molar-refractivity contribution >= 4 is 7.29 Å². The number of imidazole rings is 1. The Hall–Kier alpha value is -0.820. The van der Waals surface area contributed by atoms with Gasteiger partial charge in [0.05, 0.1) is 0 Å². The van der Waals surface area contributed by atoms with Crippen molar-refractivity contribution in [3.05, 3.63) is 30.9 Å². The second-order valence-electron chi connectivity index (χ2n) is 2.63. The Morgan fingerprint density at radius 3 is 2.64 bits per heavy atom. The van der Waals surface area contributed by atoms with E-state index in [1.807, 2.05) is 12.2 Å². The lowest BCUT2D eigenvalue weighted by Crippen LogP contribution is -1.95.